The van der Waals surface area contributed by atoms with Crippen molar-refractivity contribution in [2.75, 3.05) is 23.4 Å². The largest absolute Gasteiger partial charge is 0.390 e. The molecule has 1 aromatic heterocycles. The van der Waals surface area contributed by atoms with Crippen LogP contribution >= 0.6 is 0 Å². The molecule has 0 atom stereocenters. The van der Waals surface area contributed by atoms with Crippen molar-refractivity contribution in [3.63, 3.8) is 0 Å². The van der Waals surface area contributed by atoms with Crippen molar-refractivity contribution in [1.29, 1.82) is 0 Å². The van der Waals surface area contributed by atoms with Crippen molar-refractivity contribution in [2.45, 2.75) is 25.4 Å². The van der Waals surface area contributed by atoms with Crippen LogP contribution in [0.5, 0.6) is 0 Å². The third-order valence-electron chi connectivity index (χ3n) is 3.85. The number of nitrogens with two attached hydrogens (primary N) is 1. The van der Waals surface area contributed by atoms with E-state index in [0.29, 0.717) is 5.95 Å². The number of para-hydroxylation sites is 1. The molecule has 0 saturated carbocycles. The lowest BCUT2D eigenvalue weighted by Gasteiger charge is -2.36. The Kier molecular flexibility index (Phi) is 3.19. The third-order valence-corrected chi connectivity index (χ3v) is 3.85. The standard InChI is InChI=1S/C14H19N5O/c1-14(20)6-8-19(9-7-14)12-10-4-2-3-5-11(10)16-13(17-12)18-15/h2-5,20H,6-9,15H2,1H3,(H,16,17,18). The predicted octanol–water partition coefficient (Wildman–Crippen LogP) is 1.27. The normalized spacial score (nSPS) is 18.2. The van der Waals surface area contributed by atoms with E-state index in [1.54, 1.807) is 0 Å². The smallest absolute Gasteiger partial charge is 0.239 e. The molecule has 20 heavy (non-hydrogen) atoms. The average Bonchev–Trinajstić information content (AvgIpc) is 2.46. The van der Waals surface area contributed by atoms with Gasteiger partial charge in [-0.15, -0.1) is 0 Å². The average molecular weight is 273 g/mol. The van der Waals surface area contributed by atoms with Gasteiger partial charge in [0.15, 0.2) is 0 Å². The van der Waals surface area contributed by atoms with Crippen LogP contribution < -0.4 is 16.2 Å². The molecule has 2 aromatic rings. The van der Waals surface area contributed by atoms with Gasteiger partial charge in [0.1, 0.15) is 5.82 Å². The highest BCUT2D eigenvalue weighted by Gasteiger charge is 2.28. The molecule has 1 aliphatic rings. The molecule has 1 aromatic carbocycles. The first kappa shape index (κ1) is 13.1. The number of hydrazine groups is 1. The van der Waals surface area contributed by atoms with E-state index in [4.69, 9.17) is 5.84 Å². The Bertz CT molecular complexity index is 618. The molecule has 1 aliphatic heterocycles. The van der Waals surface area contributed by atoms with Gasteiger partial charge in [-0.1, -0.05) is 12.1 Å². The fourth-order valence-electron chi connectivity index (χ4n) is 2.57. The predicted molar refractivity (Wildman–Crippen MR) is 79.4 cm³/mol. The van der Waals surface area contributed by atoms with Gasteiger partial charge < -0.3 is 10.0 Å². The fourth-order valence-corrected chi connectivity index (χ4v) is 2.57. The van der Waals surface area contributed by atoms with Crippen molar-refractivity contribution in [1.82, 2.24) is 9.97 Å². The number of piperidine rings is 1. The molecule has 106 valence electrons. The van der Waals surface area contributed by atoms with E-state index in [1.807, 2.05) is 31.2 Å². The molecule has 0 aliphatic carbocycles. The van der Waals surface area contributed by atoms with Gasteiger partial charge in [0.05, 0.1) is 11.1 Å². The lowest BCUT2D eigenvalue weighted by molar-refractivity contribution is 0.0350. The first-order valence-corrected chi connectivity index (χ1v) is 6.80. The Morgan fingerprint density at radius 1 is 1.25 bits per heavy atom. The van der Waals surface area contributed by atoms with Crippen LogP contribution in [0.3, 0.4) is 0 Å². The molecule has 0 bridgehead atoms. The van der Waals surface area contributed by atoms with Crippen molar-refractivity contribution < 1.29 is 5.11 Å². The first-order chi connectivity index (χ1) is 9.59. The van der Waals surface area contributed by atoms with E-state index in [0.717, 1.165) is 42.7 Å². The topological polar surface area (TPSA) is 87.3 Å². The fraction of sp³-hybridized carbons (Fsp3) is 0.429. The second kappa shape index (κ2) is 4.88. The number of benzene rings is 1. The van der Waals surface area contributed by atoms with Crippen molar-refractivity contribution in [2.24, 2.45) is 5.84 Å². The van der Waals surface area contributed by atoms with E-state index in [1.165, 1.54) is 0 Å². The van der Waals surface area contributed by atoms with Crippen LogP contribution in [0.15, 0.2) is 24.3 Å². The molecule has 0 radical (unpaired) electrons. The molecule has 6 nitrogen and oxygen atoms in total. The van der Waals surface area contributed by atoms with E-state index >= 15 is 0 Å². The Hall–Kier alpha value is -1.92. The van der Waals surface area contributed by atoms with Crippen LogP contribution in [0.4, 0.5) is 11.8 Å². The van der Waals surface area contributed by atoms with Crippen LogP contribution in [0, 0.1) is 0 Å². The summed E-state index contributed by atoms with van der Waals surface area (Å²) < 4.78 is 0. The number of anilines is 2. The zero-order valence-electron chi connectivity index (χ0n) is 11.5. The van der Waals surface area contributed by atoms with Gasteiger partial charge in [0.25, 0.3) is 0 Å². The van der Waals surface area contributed by atoms with Crippen molar-refractivity contribution >= 4 is 22.7 Å². The molecule has 0 spiro atoms. The maximum Gasteiger partial charge on any atom is 0.239 e. The highest BCUT2D eigenvalue weighted by Crippen LogP contribution is 2.30. The van der Waals surface area contributed by atoms with Crippen LogP contribution in [0.25, 0.3) is 10.9 Å². The Balaban J connectivity index is 2.02. The number of aromatic nitrogens is 2. The highest BCUT2D eigenvalue weighted by atomic mass is 16.3. The highest BCUT2D eigenvalue weighted by molar-refractivity contribution is 5.90. The van der Waals surface area contributed by atoms with E-state index in [9.17, 15) is 5.11 Å². The minimum Gasteiger partial charge on any atom is -0.390 e. The van der Waals surface area contributed by atoms with Crippen LogP contribution in [0.1, 0.15) is 19.8 Å². The van der Waals surface area contributed by atoms with E-state index < -0.39 is 5.60 Å². The second-order valence-corrected chi connectivity index (χ2v) is 5.52. The molecule has 0 unspecified atom stereocenters. The van der Waals surface area contributed by atoms with Gasteiger partial charge in [0.2, 0.25) is 5.95 Å². The molecule has 0 amide bonds. The van der Waals surface area contributed by atoms with Gasteiger partial charge in [0, 0.05) is 18.5 Å². The minimum atomic E-state index is -0.575. The molecule has 1 saturated heterocycles. The lowest BCUT2D eigenvalue weighted by Crippen LogP contribution is -2.43. The summed E-state index contributed by atoms with van der Waals surface area (Å²) in [5, 5.41) is 11.1. The summed E-state index contributed by atoms with van der Waals surface area (Å²) in [6.45, 7) is 3.44. The Morgan fingerprint density at radius 2 is 1.95 bits per heavy atom. The Labute approximate surface area is 117 Å². The minimum absolute atomic E-state index is 0.413. The maximum atomic E-state index is 10.1. The summed E-state index contributed by atoms with van der Waals surface area (Å²) >= 11 is 0. The third kappa shape index (κ3) is 2.39. The molecular weight excluding hydrogens is 254 g/mol. The molecule has 2 heterocycles. The molecule has 1 fully saturated rings. The van der Waals surface area contributed by atoms with Gasteiger partial charge in [-0.3, -0.25) is 5.43 Å². The maximum absolute atomic E-state index is 10.1. The van der Waals surface area contributed by atoms with Crippen molar-refractivity contribution in [3.8, 4) is 0 Å². The summed E-state index contributed by atoms with van der Waals surface area (Å²) in [5.74, 6) is 6.74. The van der Waals surface area contributed by atoms with Crippen LogP contribution in [-0.2, 0) is 0 Å². The summed E-state index contributed by atoms with van der Waals surface area (Å²) in [4.78, 5) is 11.0. The summed E-state index contributed by atoms with van der Waals surface area (Å²) in [6, 6.07) is 7.88. The number of nitrogens with zero attached hydrogens (tertiary/aromatic N) is 3. The lowest BCUT2D eigenvalue weighted by atomic mass is 9.94. The number of hydrogen-bond donors (Lipinski definition) is 3. The van der Waals surface area contributed by atoms with Gasteiger partial charge >= 0.3 is 0 Å². The quantitative estimate of drug-likeness (QED) is 0.564. The zero-order valence-corrected chi connectivity index (χ0v) is 11.5. The Morgan fingerprint density at radius 3 is 2.65 bits per heavy atom. The summed E-state index contributed by atoms with van der Waals surface area (Å²) in [5.41, 5.74) is 2.81. The van der Waals surface area contributed by atoms with Crippen LogP contribution in [0.2, 0.25) is 0 Å². The zero-order chi connectivity index (χ0) is 14.2. The number of nitrogen functional groups attached to an aromatic ring is 1. The molecule has 6 heteroatoms. The summed E-state index contributed by atoms with van der Waals surface area (Å²) in [6.07, 6.45) is 1.47. The van der Waals surface area contributed by atoms with Gasteiger partial charge in [-0.2, -0.15) is 4.98 Å². The van der Waals surface area contributed by atoms with E-state index in [2.05, 4.69) is 20.3 Å². The first-order valence-electron chi connectivity index (χ1n) is 6.80. The van der Waals surface area contributed by atoms with Gasteiger partial charge in [-0.05, 0) is 31.9 Å². The monoisotopic (exact) mass is 273 g/mol. The molecular formula is C14H19N5O. The second-order valence-electron chi connectivity index (χ2n) is 5.52. The summed E-state index contributed by atoms with van der Waals surface area (Å²) in [7, 11) is 0. The number of fused-ring (bicyclic) bond motifs is 1. The van der Waals surface area contributed by atoms with Crippen LogP contribution in [-0.4, -0.2) is 33.8 Å². The number of hydrogen-bond acceptors (Lipinski definition) is 6. The molecule has 3 rings (SSSR count). The number of nitrogens with one attached hydrogen (secondary N) is 1. The van der Waals surface area contributed by atoms with E-state index in [-0.39, 0.29) is 0 Å². The van der Waals surface area contributed by atoms with Gasteiger partial charge in [-0.25, -0.2) is 10.8 Å². The number of rotatable bonds is 2. The SMILES string of the molecule is CC1(O)CCN(c2nc(NN)nc3ccccc23)CC1. The number of aliphatic hydroxyl groups is 1. The molecule has 4 N–H and O–H groups in total. The van der Waals surface area contributed by atoms with Crippen molar-refractivity contribution in [3.05, 3.63) is 24.3 Å².